The lowest BCUT2D eigenvalue weighted by Gasteiger charge is -2.00. The molecular weight excluding hydrogens is 186 g/mol. The topological polar surface area (TPSA) is 31.4 Å². The Hall–Kier alpha value is -0.450. The van der Waals surface area contributed by atoms with Crippen molar-refractivity contribution in [3.63, 3.8) is 0 Å². The summed E-state index contributed by atoms with van der Waals surface area (Å²) < 4.78 is 10.3. The van der Waals surface area contributed by atoms with Crippen molar-refractivity contribution in [1.29, 1.82) is 0 Å². The van der Waals surface area contributed by atoms with Gasteiger partial charge in [-0.25, -0.2) is 4.98 Å². The monoisotopic (exact) mass is 199 g/mol. The summed E-state index contributed by atoms with van der Waals surface area (Å²) in [5.41, 5.74) is 1.04. The molecule has 2 rings (SSSR count). The summed E-state index contributed by atoms with van der Waals surface area (Å²) >= 11 is 1.72. The second-order valence-electron chi connectivity index (χ2n) is 3.17. The number of rotatable bonds is 3. The lowest BCUT2D eigenvalue weighted by Crippen LogP contribution is -1.97. The van der Waals surface area contributed by atoms with Gasteiger partial charge in [0.05, 0.1) is 23.9 Å². The van der Waals surface area contributed by atoms with E-state index in [1.807, 2.05) is 0 Å². The third-order valence-electron chi connectivity index (χ3n) is 2.14. The molecule has 3 nitrogen and oxygen atoms in total. The molecule has 13 heavy (non-hydrogen) atoms. The Morgan fingerprint density at radius 3 is 3.38 bits per heavy atom. The molecule has 72 valence electrons. The maximum Gasteiger partial charge on any atom is 0.0984 e. The normalized spacial score (nSPS) is 22.4. The Bertz CT molecular complexity index is 268. The van der Waals surface area contributed by atoms with Gasteiger partial charge in [0, 0.05) is 25.0 Å². The third-order valence-corrected chi connectivity index (χ3v) is 3.20. The zero-order valence-electron chi connectivity index (χ0n) is 7.66. The molecule has 0 aliphatic carbocycles. The molecule has 0 bridgehead atoms. The zero-order chi connectivity index (χ0) is 9.10. The van der Waals surface area contributed by atoms with Crippen LogP contribution in [0.25, 0.3) is 0 Å². The van der Waals surface area contributed by atoms with Crippen LogP contribution < -0.4 is 0 Å². The highest BCUT2D eigenvalue weighted by Gasteiger charge is 2.20. The van der Waals surface area contributed by atoms with E-state index in [1.165, 1.54) is 5.01 Å². The van der Waals surface area contributed by atoms with Gasteiger partial charge in [0.2, 0.25) is 0 Å². The van der Waals surface area contributed by atoms with Gasteiger partial charge >= 0.3 is 0 Å². The highest BCUT2D eigenvalue weighted by Crippen LogP contribution is 2.27. The first kappa shape index (κ1) is 9.12. The Balaban J connectivity index is 2.03. The second kappa shape index (κ2) is 4.17. The molecule has 1 fully saturated rings. The number of thiazole rings is 1. The van der Waals surface area contributed by atoms with Gasteiger partial charge in [0.15, 0.2) is 0 Å². The molecule has 0 radical (unpaired) electrons. The van der Waals surface area contributed by atoms with Crippen LogP contribution in [0.15, 0.2) is 5.38 Å². The summed E-state index contributed by atoms with van der Waals surface area (Å²) in [6.45, 7) is 2.33. The van der Waals surface area contributed by atoms with E-state index in [0.717, 1.165) is 25.3 Å². The predicted octanol–water partition coefficient (Wildman–Crippen LogP) is 1.79. The van der Waals surface area contributed by atoms with Crippen LogP contribution in [-0.2, 0) is 16.1 Å². The summed E-state index contributed by atoms with van der Waals surface area (Å²) in [6.07, 6.45) is 1.11. The molecule has 1 atom stereocenters. The summed E-state index contributed by atoms with van der Waals surface area (Å²) in [4.78, 5) is 4.50. The van der Waals surface area contributed by atoms with E-state index >= 15 is 0 Å². The van der Waals surface area contributed by atoms with E-state index in [4.69, 9.17) is 9.47 Å². The molecule has 1 aromatic rings. The van der Waals surface area contributed by atoms with Crippen molar-refractivity contribution in [2.24, 2.45) is 0 Å². The lowest BCUT2D eigenvalue weighted by molar-refractivity contribution is 0.181. The number of methoxy groups -OCH3 is 1. The van der Waals surface area contributed by atoms with Crippen molar-refractivity contribution in [3.05, 3.63) is 16.1 Å². The van der Waals surface area contributed by atoms with Gasteiger partial charge in [-0.15, -0.1) is 11.3 Å². The third kappa shape index (κ3) is 2.07. The predicted molar refractivity (Wildman–Crippen MR) is 51.0 cm³/mol. The average molecular weight is 199 g/mol. The molecule has 1 aliphatic rings. The standard InChI is InChI=1S/C9H13NO2S/c1-11-5-8-6-13-9(10-8)7-2-3-12-4-7/h6-7H,2-5H2,1H3. The Morgan fingerprint density at radius 1 is 1.77 bits per heavy atom. The maximum absolute atomic E-state index is 5.32. The summed E-state index contributed by atoms with van der Waals surface area (Å²) in [7, 11) is 1.69. The molecule has 1 saturated heterocycles. The largest absolute Gasteiger partial charge is 0.381 e. The number of hydrogen-bond donors (Lipinski definition) is 0. The molecule has 0 aromatic carbocycles. The average Bonchev–Trinajstić information content (AvgIpc) is 2.70. The number of hydrogen-bond acceptors (Lipinski definition) is 4. The fourth-order valence-electron chi connectivity index (χ4n) is 1.45. The molecular formula is C9H13NO2S. The fourth-order valence-corrected chi connectivity index (χ4v) is 2.38. The lowest BCUT2D eigenvalue weighted by atomic mass is 10.1. The van der Waals surface area contributed by atoms with E-state index in [2.05, 4.69) is 10.4 Å². The Labute approximate surface area is 81.7 Å². The Kier molecular flexibility index (Phi) is 2.93. The molecule has 4 heteroatoms. The van der Waals surface area contributed by atoms with Gasteiger partial charge in [-0.05, 0) is 6.42 Å². The van der Waals surface area contributed by atoms with Gasteiger partial charge in [-0.3, -0.25) is 0 Å². The van der Waals surface area contributed by atoms with Crippen molar-refractivity contribution < 1.29 is 9.47 Å². The molecule has 0 spiro atoms. The van der Waals surface area contributed by atoms with Crippen LogP contribution in [0.1, 0.15) is 23.0 Å². The number of nitrogens with zero attached hydrogens (tertiary/aromatic N) is 1. The SMILES string of the molecule is COCc1csc(C2CCOC2)n1. The van der Waals surface area contributed by atoms with Crippen LogP contribution >= 0.6 is 11.3 Å². The van der Waals surface area contributed by atoms with Gasteiger partial charge in [0.1, 0.15) is 0 Å². The second-order valence-corrected chi connectivity index (χ2v) is 4.06. The van der Waals surface area contributed by atoms with Crippen molar-refractivity contribution >= 4 is 11.3 Å². The first-order valence-electron chi connectivity index (χ1n) is 4.41. The number of ether oxygens (including phenoxy) is 2. The van der Waals surface area contributed by atoms with E-state index in [-0.39, 0.29) is 0 Å². The quantitative estimate of drug-likeness (QED) is 0.743. The molecule has 0 saturated carbocycles. The van der Waals surface area contributed by atoms with Crippen molar-refractivity contribution in [2.75, 3.05) is 20.3 Å². The van der Waals surface area contributed by atoms with Gasteiger partial charge in [-0.2, -0.15) is 0 Å². The minimum atomic E-state index is 0.524. The van der Waals surface area contributed by atoms with E-state index < -0.39 is 0 Å². The first-order valence-corrected chi connectivity index (χ1v) is 5.29. The highest BCUT2D eigenvalue weighted by molar-refractivity contribution is 7.09. The maximum atomic E-state index is 5.32. The molecule has 0 N–H and O–H groups in total. The van der Waals surface area contributed by atoms with E-state index in [1.54, 1.807) is 18.4 Å². The first-order chi connectivity index (χ1) is 6.40. The summed E-state index contributed by atoms with van der Waals surface area (Å²) in [5, 5.41) is 3.27. The van der Waals surface area contributed by atoms with Gasteiger partial charge in [-0.1, -0.05) is 0 Å². The van der Waals surface area contributed by atoms with Crippen LogP contribution in [0.5, 0.6) is 0 Å². The molecule has 1 aromatic heterocycles. The summed E-state index contributed by atoms with van der Waals surface area (Å²) in [6, 6.07) is 0. The van der Waals surface area contributed by atoms with Crippen LogP contribution in [0.4, 0.5) is 0 Å². The van der Waals surface area contributed by atoms with Crippen LogP contribution in [0.2, 0.25) is 0 Å². The fraction of sp³-hybridized carbons (Fsp3) is 0.667. The molecule has 1 unspecified atom stereocenters. The summed E-state index contributed by atoms with van der Waals surface area (Å²) in [5.74, 6) is 0.524. The van der Waals surface area contributed by atoms with Gasteiger partial charge < -0.3 is 9.47 Å². The van der Waals surface area contributed by atoms with E-state index in [9.17, 15) is 0 Å². The molecule has 1 aliphatic heterocycles. The van der Waals surface area contributed by atoms with Crippen LogP contribution in [0, 0.1) is 0 Å². The minimum Gasteiger partial charge on any atom is -0.381 e. The van der Waals surface area contributed by atoms with Crippen molar-refractivity contribution in [2.45, 2.75) is 18.9 Å². The Morgan fingerprint density at radius 2 is 2.69 bits per heavy atom. The van der Waals surface area contributed by atoms with Crippen molar-refractivity contribution in [3.8, 4) is 0 Å². The zero-order valence-corrected chi connectivity index (χ0v) is 8.47. The highest BCUT2D eigenvalue weighted by atomic mass is 32.1. The van der Waals surface area contributed by atoms with Crippen LogP contribution in [-0.4, -0.2) is 25.3 Å². The number of aromatic nitrogens is 1. The van der Waals surface area contributed by atoms with Crippen LogP contribution in [0.3, 0.4) is 0 Å². The van der Waals surface area contributed by atoms with Crippen molar-refractivity contribution in [1.82, 2.24) is 4.98 Å². The smallest absolute Gasteiger partial charge is 0.0984 e. The van der Waals surface area contributed by atoms with E-state index in [0.29, 0.717) is 12.5 Å². The van der Waals surface area contributed by atoms with Gasteiger partial charge in [0.25, 0.3) is 0 Å². The molecule has 2 heterocycles. The molecule has 0 amide bonds. The minimum absolute atomic E-state index is 0.524.